The van der Waals surface area contributed by atoms with Gasteiger partial charge in [-0.05, 0) is 79.6 Å². The van der Waals surface area contributed by atoms with Gasteiger partial charge in [0, 0.05) is 38.2 Å². The number of benzene rings is 3. The summed E-state index contributed by atoms with van der Waals surface area (Å²) in [6, 6.07) is 18.8. The third-order valence-electron chi connectivity index (χ3n) is 10.7. The maximum Gasteiger partial charge on any atom is 0.573 e. The summed E-state index contributed by atoms with van der Waals surface area (Å²) in [4.78, 5) is 29.7. The predicted octanol–water partition coefficient (Wildman–Crippen LogP) is 5.45. The van der Waals surface area contributed by atoms with Crippen molar-refractivity contribution in [2.24, 2.45) is 0 Å². The molecule has 1 spiro atoms. The molecule has 2 fully saturated rings. The normalized spacial score (nSPS) is 27.2. The standard InChI is InChI=1S/C37H37F3N2O6/c1-23(43)46-29-13-12-26-22-30-36(45)17-15-28(41(2)31(44)14-11-25-9-6-10-27(21-25)48-37(38,39)40)34-35(36,32(26)33(29)47-34)18-20-42(30)19-16-24-7-4-3-5-8-24/h3-14,21,28,30,34,45H,15-20,22H2,1-2H3/b14-11+/t28?,30-,34?,35+,36-/m1/s1. The molecule has 3 aromatic rings. The highest BCUT2D eigenvalue weighted by Gasteiger charge is 2.73. The number of ether oxygens (including phenoxy) is 3. The molecule has 7 rings (SSSR count). The van der Waals surface area contributed by atoms with Gasteiger partial charge in [0.1, 0.15) is 11.9 Å². The van der Waals surface area contributed by atoms with Crippen LogP contribution in [-0.4, -0.2) is 77.1 Å². The molecule has 5 atom stereocenters. The number of halogens is 3. The van der Waals surface area contributed by atoms with Gasteiger partial charge in [-0.1, -0.05) is 48.5 Å². The number of likely N-dealkylation sites (N-methyl/N-ethyl adjacent to an activating group) is 1. The fourth-order valence-electron chi connectivity index (χ4n) is 8.68. The largest absolute Gasteiger partial charge is 0.573 e. The Morgan fingerprint density at radius 3 is 2.65 bits per heavy atom. The fourth-order valence-corrected chi connectivity index (χ4v) is 8.68. The Kier molecular flexibility index (Phi) is 8.03. The van der Waals surface area contributed by atoms with Crippen molar-refractivity contribution in [3.8, 4) is 17.2 Å². The van der Waals surface area contributed by atoms with Crippen LogP contribution in [0.25, 0.3) is 6.08 Å². The molecule has 2 heterocycles. The molecule has 0 radical (unpaired) electrons. The molecule has 8 nitrogen and oxygen atoms in total. The van der Waals surface area contributed by atoms with E-state index in [1.54, 1.807) is 24.1 Å². The maximum atomic E-state index is 13.6. The molecule has 252 valence electrons. The summed E-state index contributed by atoms with van der Waals surface area (Å²) in [5, 5.41) is 12.9. The average molecular weight is 663 g/mol. The molecule has 1 N–H and O–H groups in total. The zero-order chi connectivity index (χ0) is 33.8. The second kappa shape index (κ2) is 12.0. The Morgan fingerprint density at radius 1 is 1.10 bits per heavy atom. The summed E-state index contributed by atoms with van der Waals surface area (Å²) in [5.74, 6) is -0.482. The van der Waals surface area contributed by atoms with Crippen LogP contribution in [0.2, 0.25) is 0 Å². The number of aliphatic hydroxyl groups is 1. The summed E-state index contributed by atoms with van der Waals surface area (Å²) in [5.41, 5.74) is 1.51. The van der Waals surface area contributed by atoms with Gasteiger partial charge >= 0.3 is 12.3 Å². The first kappa shape index (κ1) is 32.2. The van der Waals surface area contributed by atoms with E-state index in [0.29, 0.717) is 42.7 Å². The fraction of sp³-hybridized carbons (Fsp3) is 0.405. The molecule has 3 aromatic carbocycles. The van der Waals surface area contributed by atoms with Crippen LogP contribution in [0.15, 0.2) is 72.8 Å². The molecule has 2 unspecified atom stereocenters. The van der Waals surface area contributed by atoms with E-state index in [1.165, 1.54) is 42.8 Å². The van der Waals surface area contributed by atoms with Crippen LogP contribution in [0.3, 0.4) is 0 Å². The maximum absolute atomic E-state index is 13.6. The molecule has 1 saturated carbocycles. The molecule has 2 bridgehead atoms. The molecule has 1 saturated heterocycles. The summed E-state index contributed by atoms with van der Waals surface area (Å²) in [7, 11) is 1.68. The van der Waals surface area contributed by atoms with Crippen molar-refractivity contribution in [1.29, 1.82) is 0 Å². The summed E-state index contributed by atoms with van der Waals surface area (Å²) in [6.07, 6.45) is 0.260. The zero-order valence-electron chi connectivity index (χ0n) is 26.7. The van der Waals surface area contributed by atoms with Crippen molar-refractivity contribution in [1.82, 2.24) is 9.80 Å². The number of amides is 1. The second-order valence-electron chi connectivity index (χ2n) is 13.2. The number of nitrogens with zero attached hydrogens (tertiary/aromatic N) is 2. The zero-order valence-corrected chi connectivity index (χ0v) is 26.7. The van der Waals surface area contributed by atoms with Crippen LogP contribution in [0, 0.1) is 0 Å². The lowest BCUT2D eigenvalue weighted by Gasteiger charge is -2.64. The summed E-state index contributed by atoms with van der Waals surface area (Å²) >= 11 is 0. The first-order valence-electron chi connectivity index (χ1n) is 16.2. The van der Waals surface area contributed by atoms with E-state index in [2.05, 4.69) is 21.8 Å². The number of alkyl halides is 3. The number of rotatable bonds is 8. The molecule has 1 amide bonds. The lowest BCUT2D eigenvalue weighted by molar-refractivity contribution is -0.274. The van der Waals surface area contributed by atoms with Crippen LogP contribution >= 0.6 is 0 Å². The second-order valence-corrected chi connectivity index (χ2v) is 13.2. The van der Waals surface area contributed by atoms with E-state index in [4.69, 9.17) is 9.47 Å². The summed E-state index contributed by atoms with van der Waals surface area (Å²) in [6.45, 7) is 2.83. The van der Waals surface area contributed by atoms with Crippen molar-refractivity contribution in [2.45, 2.75) is 74.6 Å². The van der Waals surface area contributed by atoms with E-state index in [0.717, 1.165) is 30.6 Å². The first-order valence-corrected chi connectivity index (χ1v) is 16.2. The number of hydrogen-bond acceptors (Lipinski definition) is 7. The van der Waals surface area contributed by atoms with Crippen molar-refractivity contribution in [3.05, 3.63) is 95.1 Å². The van der Waals surface area contributed by atoms with Gasteiger partial charge in [-0.15, -0.1) is 13.2 Å². The van der Waals surface area contributed by atoms with Gasteiger partial charge in [0.15, 0.2) is 11.5 Å². The Hall–Kier alpha value is -4.35. The number of hydrogen-bond donors (Lipinski definition) is 1. The molecule has 4 aliphatic rings. The number of esters is 1. The molecule has 11 heteroatoms. The van der Waals surface area contributed by atoms with Gasteiger partial charge < -0.3 is 24.2 Å². The van der Waals surface area contributed by atoms with E-state index < -0.39 is 35.5 Å². The summed E-state index contributed by atoms with van der Waals surface area (Å²) < 4.78 is 54.6. The quantitative estimate of drug-likeness (QED) is 0.195. The monoisotopic (exact) mass is 662 g/mol. The smallest absolute Gasteiger partial charge is 0.483 e. The van der Waals surface area contributed by atoms with Gasteiger partial charge in [0.05, 0.1) is 17.1 Å². The minimum Gasteiger partial charge on any atom is -0.483 e. The van der Waals surface area contributed by atoms with Crippen LogP contribution in [0.5, 0.6) is 17.2 Å². The molecule has 2 aliphatic heterocycles. The Labute approximate surface area is 276 Å². The molecular formula is C37H37F3N2O6. The molecule has 2 aliphatic carbocycles. The Bertz CT molecular complexity index is 1760. The average Bonchev–Trinajstić information content (AvgIpc) is 3.39. The Balaban J connectivity index is 1.20. The highest BCUT2D eigenvalue weighted by molar-refractivity contribution is 5.92. The van der Waals surface area contributed by atoms with Gasteiger partial charge in [-0.3, -0.25) is 14.5 Å². The van der Waals surface area contributed by atoms with Crippen molar-refractivity contribution in [3.63, 3.8) is 0 Å². The molecular weight excluding hydrogens is 625 g/mol. The lowest BCUT2D eigenvalue weighted by atomic mass is 9.48. The van der Waals surface area contributed by atoms with Crippen LogP contribution < -0.4 is 14.2 Å². The Morgan fingerprint density at radius 2 is 1.90 bits per heavy atom. The van der Waals surface area contributed by atoms with E-state index in [-0.39, 0.29) is 17.7 Å². The number of likely N-dealkylation sites (tertiary alicyclic amines) is 1. The van der Waals surface area contributed by atoms with Crippen molar-refractivity contribution < 1.29 is 42.1 Å². The highest BCUT2D eigenvalue weighted by Crippen LogP contribution is 2.66. The van der Waals surface area contributed by atoms with Gasteiger partial charge in [0.25, 0.3) is 0 Å². The SMILES string of the molecule is CC(=O)Oc1ccc2c3c1OC1C(N(C)C(=O)/C=C/c4cccc(OC(F)(F)F)c4)CC[C@@]4(O)[C@@H](C2)N(CCc2ccccc2)CC[C@]314. The number of piperidine rings is 1. The number of carbonyl (C=O) groups is 2. The van der Waals surface area contributed by atoms with Gasteiger partial charge in [0.2, 0.25) is 5.91 Å². The van der Waals surface area contributed by atoms with Crippen LogP contribution in [-0.2, 0) is 27.8 Å². The third kappa shape index (κ3) is 5.42. The minimum absolute atomic E-state index is 0.174. The molecule has 48 heavy (non-hydrogen) atoms. The first-order chi connectivity index (χ1) is 22.9. The number of carbonyl (C=O) groups excluding carboxylic acids is 2. The topological polar surface area (TPSA) is 88.5 Å². The van der Waals surface area contributed by atoms with Gasteiger partial charge in [-0.2, -0.15) is 0 Å². The van der Waals surface area contributed by atoms with Crippen molar-refractivity contribution in [2.75, 3.05) is 20.1 Å². The lowest BCUT2D eigenvalue weighted by Crippen LogP contribution is -2.78. The minimum atomic E-state index is -4.83. The van der Waals surface area contributed by atoms with E-state index >= 15 is 0 Å². The van der Waals surface area contributed by atoms with E-state index in [9.17, 15) is 27.9 Å². The van der Waals surface area contributed by atoms with Gasteiger partial charge in [-0.25, -0.2) is 0 Å². The van der Waals surface area contributed by atoms with Crippen molar-refractivity contribution >= 4 is 18.0 Å². The third-order valence-corrected chi connectivity index (χ3v) is 10.7. The van der Waals surface area contributed by atoms with Crippen LogP contribution in [0.1, 0.15) is 48.4 Å². The highest BCUT2D eigenvalue weighted by atomic mass is 19.4. The van der Waals surface area contributed by atoms with Crippen LogP contribution in [0.4, 0.5) is 13.2 Å². The molecule has 0 aromatic heterocycles. The predicted molar refractivity (Wildman–Crippen MR) is 171 cm³/mol. The van der Waals surface area contributed by atoms with E-state index in [1.807, 2.05) is 24.3 Å².